The standard InChI is InChI=1S/C16H20FN3O2/c1-2-15-18-16(19-22-15)20-9-3-4-12(10-20)11-21-14-7-5-13(17)6-8-14/h5-8,12H,2-4,9-11H2,1H3/t12-/m1/s1. The first kappa shape index (κ1) is 14.8. The van der Waals surface area contributed by atoms with Crippen molar-refractivity contribution in [1.29, 1.82) is 0 Å². The lowest BCUT2D eigenvalue weighted by Crippen LogP contribution is -2.38. The molecule has 2 heterocycles. The molecule has 1 aliphatic heterocycles. The molecule has 6 heteroatoms. The first-order valence-corrected chi connectivity index (χ1v) is 7.70. The number of piperidine rings is 1. The van der Waals surface area contributed by atoms with E-state index in [4.69, 9.17) is 9.26 Å². The molecule has 22 heavy (non-hydrogen) atoms. The number of halogens is 1. The first-order valence-electron chi connectivity index (χ1n) is 7.70. The van der Waals surface area contributed by atoms with Gasteiger partial charge in [0.2, 0.25) is 5.89 Å². The molecule has 0 spiro atoms. The van der Waals surface area contributed by atoms with Crippen LogP contribution in [0.25, 0.3) is 0 Å². The van der Waals surface area contributed by atoms with Crippen molar-refractivity contribution in [1.82, 2.24) is 10.1 Å². The lowest BCUT2D eigenvalue weighted by molar-refractivity contribution is 0.227. The molecule has 1 aliphatic rings. The van der Waals surface area contributed by atoms with E-state index in [9.17, 15) is 4.39 Å². The van der Waals surface area contributed by atoms with Crippen LogP contribution in [0.5, 0.6) is 5.75 Å². The third kappa shape index (κ3) is 3.55. The zero-order valence-electron chi connectivity index (χ0n) is 12.7. The van der Waals surface area contributed by atoms with Gasteiger partial charge in [-0.3, -0.25) is 0 Å². The summed E-state index contributed by atoms with van der Waals surface area (Å²) >= 11 is 0. The van der Waals surface area contributed by atoms with Gasteiger partial charge in [0.15, 0.2) is 0 Å². The van der Waals surface area contributed by atoms with Crippen molar-refractivity contribution < 1.29 is 13.7 Å². The molecule has 0 amide bonds. The predicted molar refractivity (Wildman–Crippen MR) is 80.5 cm³/mol. The molecule has 0 saturated carbocycles. The molecule has 0 radical (unpaired) electrons. The summed E-state index contributed by atoms with van der Waals surface area (Å²) in [4.78, 5) is 6.52. The van der Waals surface area contributed by atoms with Crippen LogP contribution in [0.3, 0.4) is 0 Å². The van der Waals surface area contributed by atoms with E-state index < -0.39 is 0 Å². The van der Waals surface area contributed by atoms with Gasteiger partial charge in [-0.05, 0) is 42.3 Å². The summed E-state index contributed by atoms with van der Waals surface area (Å²) in [5.74, 6) is 2.19. The van der Waals surface area contributed by atoms with Crippen LogP contribution in [0.4, 0.5) is 10.3 Å². The Hall–Kier alpha value is -2.11. The van der Waals surface area contributed by atoms with Crippen LogP contribution in [0.15, 0.2) is 28.8 Å². The lowest BCUT2D eigenvalue weighted by Gasteiger charge is -2.31. The summed E-state index contributed by atoms with van der Waals surface area (Å²) in [7, 11) is 0. The topological polar surface area (TPSA) is 51.4 Å². The van der Waals surface area contributed by atoms with E-state index in [2.05, 4.69) is 15.0 Å². The second-order valence-electron chi connectivity index (χ2n) is 5.56. The van der Waals surface area contributed by atoms with Crippen LogP contribution >= 0.6 is 0 Å². The molecule has 2 aromatic rings. The van der Waals surface area contributed by atoms with Crippen LogP contribution < -0.4 is 9.64 Å². The van der Waals surface area contributed by atoms with Crippen LogP contribution in [-0.4, -0.2) is 29.8 Å². The van der Waals surface area contributed by atoms with Crippen molar-refractivity contribution in [3.63, 3.8) is 0 Å². The van der Waals surface area contributed by atoms with Crippen LogP contribution in [-0.2, 0) is 6.42 Å². The van der Waals surface area contributed by atoms with E-state index in [0.29, 0.717) is 30.1 Å². The smallest absolute Gasteiger partial charge is 0.266 e. The summed E-state index contributed by atoms with van der Waals surface area (Å²) in [5, 5.41) is 4.03. The molecule has 1 fully saturated rings. The zero-order chi connectivity index (χ0) is 15.4. The maximum atomic E-state index is 12.9. The molecule has 0 unspecified atom stereocenters. The molecular weight excluding hydrogens is 285 g/mol. The number of nitrogens with zero attached hydrogens (tertiary/aromatic N) is 3. The van der Waals surface area contributed by atoms with Crippen molar-refractivity contribution in [2.75, 3.05) is 24.6 Å². The van der Waals surface area contributed by atoms with Gasteiger partial charge in [-0.1, -0.05) is 6.92 Å². The van der Waals surface area contributed by atoms with Gasteiger partial charge in [0.05, 0.1) is 6.61 Å². The molecule has 0 aliphatic carbocycles. The van der Waals surface area contributed by atoms with E-state index in [-0.39, 0.29) is 5.82 Å². The zero-order valence-corrected chi connectivity index (χ0v) is 12.7. The Morgan fingerprint density at radius 1 is 1.36 bits per heavy atom. The van der Waals surface area contributed by atoms with Crippen LogP contribution in [0.1, 0.15) is 25.7 Å². The van der Waals surface area contributed by atoms with E-state index in [0.717, 1.165) is 32.4 Å². The average molecular weight is 305 g/mol. The second kappa shape index (κ2) is 6.77. The minimum atomic E-state index is -0.250. The number of ether oxygens (including phenoxy) is 1. The minimum Gasteiger partial charge on any atom is -0.493 e. The number of aryl methyl sites for hydroxylation is 1. The molecule has 118 valence electrons. The van der Waals surface area contributed by atoms with Gasteiger partial charge in [-0.15, -0.1) is 0 Å². The minimum absolute atomic E-state index is 0.250. The fraction of sp³-hybridized carbons (Fsp3) is 0.500. The highest BCUT2D eigenvalue weighted by atomic mass is 19.1. The van der Waals surface area contributed by atoms with Gasteiger partial charge in [0.1, 0.15) is 11.6 Å². The van der Waals surface area contributed by atoms with Gasteiger partial charge >= 0.3 is 0 Å². The van der Waals surface area contributed by atoms with Gasteiger partial charge < -0.3 is 14.2 Å². The molecular formula is C16H20FN3O2. The van der Waals surface area contributed by atoms with Crippen LogP contribution in [0, 0.1) is 11.7 Å². The van der Waals surface area contributed by atoms with Gasteiger partial charge in [-0.2, -0.15) is 4.98 Å². The lowest BCUT2D eigenvalue weighted by atomic mass is 9.99. The molecule has 5 nitrogen and oxygen atoms in total. The highest BCUT2D eigenvalue weighted by Gasteiger charge is 2.23. The van der Waals surface area contributed by atoms with Gasteiger partial charge in [0, 0.05) is 25.4 Å². The largest absolute Gasteiger partial charge is 0.493 e. The molecule has 1 atom stereocenters. The normalized spacial score (nSPS) is 18.5. The molecule has 1 aromatic heterocycles. The van der Waals surface area contributed by atoms with Crippen LogP contribution in [0.2, 0.25) is 0 Å². The van der Waals surface area contributed by atoms with E-state index >= 15 is 0 Å². The van der Waals surface area contributed by atoms with E-state index in [1.165, 1.54) is 12.1 Å². The molecule has 0 N–H and O–H groups in total. The van der Waals surface area contributed by atoms with Crippen molar-refractivity contribution in [2.24, 2.45) is 5.92 Å². The summed E-state index contributed by atoms with van der Waals surface area (Å²) in [6.45, 7) is 4.40. The number of rotatable bonds is 5. The average Bonchev–Trinajstić information content (AvgIpc) is 3.04. The molecule has 3 rings (SSSR count). The Morgan fingerprint density at radius 3 is 2.91 bits per heavy atom. The Labute approximate surface area is 129 Å². The van der Waals surface area contributed by atoms with Gasteiger partial charge in [-0.25, -0.2) is 4.39 Å². The number of hydrogen-bond donors (Lipinski definition) is 0. The fourth-order valence-electron chi connectivity index (χ4n) is 2.65. The Balaban J connectivity index is 1.55. The Morgan fingerprint density at radius 2 is 2.18 bits per heavy atom. The monoisotopic (exact) mass is 305 g/mol. The maximum Gasteiger partial charge on any atom is 0.266 e. The molecule has 1 aromatic carbocycles. The summed E-state index contributed by atoms with van der Waals surface area (Å²) < 4.78 is 23.8. The predicted octanol–water partition coefficient (Wildman–Crippen LogP) is 3.07. The summed E-state index contributed by atoms with van der Waals surface area (Å²) in [6, 6.07) is 6.13. The number of aromatic nitrogens is 2. The molecule has 1 saturated heterocycles. The Kier molecular flexibility index (Phi) is 4.56. The van der Waals surface area contributed by atoms with Crippen molar-refractivity contribution >= 4 is 5.95 Å². The highest BCUT2D eigenvalue weighted by Crippen LogP contribution is 2.22. The third-order valence-electron chi connectivity index (χ3n) is 3.86. The second-order valence-corrected chi connectivity index (χ2v) is 5.56. The van der Waals surface area contributed by atoms with Gasteiger partial charge in [0.25, 0.3) is 5.95 Å². The highest BCUT2D eigenvalue weighted by molar-refractivity contribution is 5.28. The fourth-order valence-corrected chi connectivity index (χ4v) is 2.65. The number of benzene rings is 1. The quantitative estimate of drug-likeness (QED) is 0.849. The summed E-state index contributed by atoms with van der Waals surface area (Å²) in [6.07, 6.45) is 2.93. The van der Waals surface area contributed by atoms with E-state index in [1.54, 1.807) is 12.1 Å². The molecule has 0 bridgehead atoms. The summed E-state index contributed by atoms with van der Waals surface area (Å²) in [5.41, 5.74) is 0. The SMILES string of the molecule is CCc1nc(N2CCC[C@@H](COc3ccc(F)cc3)C2)no1. The van der Waals surface area contributed by atoms with Crippen molar-refractivity contribution in [3.8, 4) is 5.75 Å². The first-order chi connectivity index (χ1) is 10.7. The number of anilines is 1. The third-order valence-corrected chi connectivity index (χ3v) is 3.86. The van der Waals surface area contributed by atoms with Crippen molar-refractivity contribution in [2.45, 2.75) is 26.2 Å². The van der Waals surface area contributed by atoms with E-state index in [1.807, 2.05) is 6.92 Å². The maximum absolute atomic E-state index is 12.9. The number of hydrogen-bond acceptors (Lipinski definition) is 5. The van der Waals surface area contributed by atoms with Crippen molar-refractivity contribution in [3.05, 3.63) is 36.0 Å². The Bertz CT molecular complexity index is 600.